The molecule has 0 N–H and O–H groups in total. The maximum atomic E-state index is 2.36. The van der Waals surface area contributed by atoms with Gasteiger partial charge in [0, 0.05) is 0 Å². The summed E-state index contributed by atoms with van der Waals surface area (Å²) < 4.78 is 0. The van der Waals surface area contributed by atoms with E-state index in [-0.39, 0.29) is 0 Å². The van der Waals surface area contributed by atoms with Gasteiger partial charge in [-0.05, 0) is 36.5 Å². The average Bonchev–Trinajstić information content (AvgIpc) is 2.09. The van der Waals surface area contributed by atoms with Gasteiger partial charge in [0.1, 0.15) is 0 Å². The molecule has 0 bridgehead atoms. The summed E-state index contributed by atoms with van der Waals surface area (Å²) in [5.74, 6) is 3.60. The summed E-state index contributed by atoms with van der Waals surface area (Å²) in [5.41, 5.74) is 0. The molecular weight excluding hydrogens is 192 g/mol. The van der Waals surface area contributed by atoms with E-state index in [4.69, 9.17) is 0 Å². The van der Waals surface area contributed by atoms with Gasteiger partial charge >= 0.3 is 0 Å². The standard InChI is InChI=1S/C16H34/c1-13(2)9-7-8-10-16(11-14(3)4)12-15(5)6/h13-16H,7-12H2,1-6H3. The summed E-state index contributed by atoms with van der Waals surface area (Å²) in [4.78, 5) is 0. The van der Waals surface area contributed by atoms with Crippen LogP contribution in [0.2, 0.25) is 0 Å². The number of unbranched alkanes of at least 4 members (excludes halogenated alkanes) is 1. The van der Waals surface area contributed by atoms with Gasteiger partial charge in [0.25, 0.3) is 0 Å². The first-order valence-electron chi connectivity index (χ1n) is 7.41. The largest absolute Gasteiger partial charge is 0.0628 e. The van der Waals surface area contributed by atoms with Gasteiger partial charge in [0.15, 0.2) is 0 Å². The Bertz CT molecular complexity index is 134. The first kappa shape index (κ1) is 16.0. The van der Waals surface area contributed by atoms with Crippen molar-refractivity contribution >= 4 is 0 Å². The fourth-order valence-electron chi connectivity index (χ4n) is 2.65. The Balaban J connectivity index is 3.73. The summed E-state index contributed by atoms with van der Waals surface area (Å²) >= 11 is 0. The third-order valence-corrected chi connectivity index (χ3v) is 3.25. The van der Waals surface area contributed by atoms with E-state index in [1.54, 1.807) is 0 Å². The predicted octanol–water partition coefficient (Wildman–Crippen LogP) is 5.91. The summed E-state index contributed by atoms with van der Waals surface area (Å²) in [6, 6.07) is 0. The highest BCUT2D eigenvalue weighted by molar-refractivity contribution is 4.64. The van der Waals surface area contributed by atoms with Crippen LogP contribution in [0.15, 0.2) is 0 Å². The summed E-state index contributed by atoms with van der Waals surface area (Å²) in [5, 5.41) is 0. The van der Waals surface area contributed by atoms with Crippen LogP contribution in [0, 0.1) is 23.7 Å². The molecule has 0 nitrogen and oxygen atoms in total. The van der Waals surface area contributed by atoms with E-state index in [0.29, 0.717) is 0 Å². The molecule has 98 valence electrons. The van der Waals surface area contributed by atoms with E-state index in [0.717, 1.165) is 23.7 Å². The Hall–Kier alpha value is 0. The first-order chi connectivity index (χ1) is 7.41. The minimum Gasteiger partial charge on any atom is -0.0628 e. The molecule has 0 aromatic heterocycles. The molecule has 0 rings (SSSR count). The van der Waals surface area contributed by atoms with E-state index in [9.17, 15) is 0 Å². The highest BCUT2D eigenvalue weighted by Gasteiger charge is 2.12. The Morgan fingerprint density at radius 3 is 1.38 bits per heavy atom. The van der Waals surface area contributed by atoms with Crippen LogP contribution in [0.1, 0.15) is 80.1 Å². The molecule has 0 saturated heterocycles. The molecule has 0 fully saturated rings. The molecule has 0 aliphatic heterocycles. The quantitative estimate of drug-likeness (QED) is 0.429. The van der Waals surface area contributed by atoms with Gasteiger partial charge in [0.2, 0.25) is 0 Å². The summed E-state index contributed by atoms with van der Waals surface area (Å²) in [6.45, 7) is 14.1. The Labute approximate surface area is 104 Å². The molecule has 0 spiro atoms. The first-order valence-corrected chi connectivity index (χ1v) is 7.41. The van der Waals surface area contributed by atoms with Crippen molar-refractivity contribution < 1.29 is 0 Å². The molecule has 0 heterocycles. The molecule has 0 unspecified atom stereocenters. The lowest BCUT2D eigenvalue weighted by Crippen LogP contribution is -2.08. The van der Waals surface area contributed by atoms with Crippen molar-refractivity contribution in [2.24, 2.45) is 23.7 Å². The van der Waals surface area contributed by atoms with E-state index < -0.39 is 0 Å². The smallest absolute Gasteiger partial charge is 0.0409 e. The zero-order valence-electron chi connectivity index (χ0n) is 12.6. The maximum Gasteiger partial charge on any atom is -0.0409 e. The monoisotopic (exact) mass is 226 g/mol. The van der Waals surface area contributed by atoms with E-state index >= 15 is 0 Å². The van der Waals surface area contributed by atoms with Crippen molar-refractivity contribution in [2.45, 2.75) is 80.1 Å². The third-order valence-electron chi connectivity index (χ3n) is 3.25. The van der Waals surface area contributed by atoms with Gasteiger partial charge in [0.05, 0.1) is 0 Å². The van der Waals surface area contributed by atoms with E-state index in [1.807, 2.05) is 0 Å². The Kier molecular flexibility index (Phi) is 9.07. The molecule has 0 amide bonds. The van der Waals surface area contributed by atoms with Crippen LogP contribution in [0.3, 0.4) is 0 Å². The Morgan fingerprint density at radius 2 is 1.00 bits per heavy atom. The summed E-state index contributed by atoms with van der Waals surface area (Å²) in [6.07, 6.45) is 8.62. The predicted molar refractivity (Wildman–Crippen MR) is 75.7 cm³/mol. The highest BCUT2D eigenvalue weighted by Crippen LogP contribution is 2.25. The van der Waals surface area contributed by atoms with Crippen LogP contribution in [-0.2, 0) is 0 Å². The maximum absolute atomic E-state index is 2.36. The van der Waals surface area contributed by atoms with Crippen LogP contribution in [0.5, 0.6) is 0 Å². The van der Waals surface area contributed by atoms with Crippen molar-refractivity contribution in [2.75, 3.05) is 0 Å². The van der Waals surface area contributed by atoms with Gasteiger partial charge in [-0.25, -0.2) is 0 Å². The van der Waals surface area contributed by atoms with Gasteiger partial charge in [-0.3, -0.25) is 0 Å². The second-order valence-corrected chi connectivity index (χ2v) is 6.80. The molecule has 0 atom stereocenters. The summed E-state index contributed by atoms with van der Waals surface area (Å²) in [7, 11) is 0. The minimum absolute atomic E-state index is 0.869. The van der Waals surface area contributed by atoms with Gasteiger partial charge in [-0.1, -0.05) is 67.2 Å². The molecule has 0 heteroatoms. The van der Waals surface area contributed by atoms with Crippen molar-refractivity contribution in [3.8, 4) is 0 Å². The van der Waals surface area contributed by atoms with Crippen molar-refractivity contribution in [1.29, 1.82) is 0 Å². The molecular formula is C16H34. The van der Waals surface area contributed by atoms with Crippen molar-refractivity contribution in [3.05, 3.63) is 0 Å². The molecule has 0 aromatic carbocycles. The minimum atomic E-state index is 0.869. The highest BCUT2D eigenvalue weighted by atomic mass is 14.2. The van der Waals surface area contributed by atoms with Crippen molar-refractivity contribution in [1.82, 2.24) is 0 Å². The average molecular weight is 226 g/mol. The molecule has 0 aromatic rings. The lowest BCUT2D eigenvalue weighted by Gasteiger charge is -2.21. The van der Waals surface area contributed by atoms with E-state index in [1.165, 1.54) is 38.5 Å². The second kappa shape index (κ2) is 9.07. The molecule has 0 radical (unpaired) electrons. The third kappa shape index (κ3) is 10.5. The van der Waals surface area contributed by atoms with Crippen LogP contribution < -0.4 is 0 Å². The second-order valence-electron chi connectivity index (χ2n) is 6.80. The normalized spacial score (nSPS) is 12.4. The fraction of sp³-hybridized carbons (Fsp3) is 1.00. The lowest BCUT2D eigenvalue weighted by molar-refractivity contribution is 0.313. The Morgan fingerprint density at radius 1 is 0.562 bits per heavy atom. The zero-order chi connectivity index (χ0) is 12.6. The molecule has 0 aliphatic rings. The number of hydrogen-bond acceptors (Lipinski definition) is 0. The zero-order valence-corrected chi connectivity index (χ0v) is 12.6. The van der Waals surface area contributed by atoms with Gasteiger partial charge < -0.3 is 0 Å². The topological polar surface area (TPSA) is 0 Å². The van der Waals surface area contributed by atoms with E-state index in [2.05, 4.69) is 41.5 Å². The van der Waals surface area contributed by atoms with Gasteiger partial charge in [-0.2, -0.15) is 0 Å². The van der Waals surface area contributed by atoms with Crippen LogP contribution >= 0.6 is 0 Å². The van der Waals surface area contributed by atoms with Crippen LogP contribution in [0.4, 0.5) is 0 Å². The molecule has 0 aliphatic carbocycles. The van der Waals surface area contributed by atoms with Crippen LogP contribution in [-0.4, -0.2) is 0 Å². The molecule has 0 saturated carbocycles. The molecule has 16 heavy (non-hydrogen) atoms. The van der Waals surface area contributed by atoms with Crippen molar-refractivity contribution in [3.63, 3.8) is 0 Å². The van der Waals surface area contributed by atoms with Crippen LogP contribution in [0.25, 0.3) is 0 Å². The number of hydrogen-bond donors (Lipinski definition) is 0. The fourth-order valence-corrected chi connectivity index (χ4v) is 2.65. The SMILES string of the molecule is CC(C)CCCCC(CC(C)C)CC(C)C. The van der Waals surface area contributed by atoms with Gasteiger partial charge in [-0.15, -0.1) is 0 Å². The lowest BCUT2D eigenvalue weighted by atomic mass is 9.85. The number of rotatable bonds is 9.